The first kappa shape index (κ1) is 17.9. The van der Waals surface area contributed by atoms with Crippen molar-refractivity contribution in [1.82, 2.24) is 9.62 Å². The van der Waals surface area contributed by atoms with Crippen LogP contribution in [0, 0.1) is 0 Å². The van der Waals surface area contributed by atoms with Crippen LogP contribution in [-0.2, 0) is 21.4 Å². The largest absolute Gasteiger partial charge is 0.326 e. The number of nitrogens with zero attached hydrogens (tertiary/aromatic N) is 1. The van der Waals surface area contributed by atoms with E-state index >= 15 is 0 Å². The zero-order valence-electron chi connectivity index (χ0n) is 13.5. The number of carbonyl (C=O) groups excluding carboxylic acids is 1. The predicted molar refractivity (Wildman–Crippen MR) is 91.7 cm³/mol. The first-order chi connectivity index (χ1) is 10.9. The van der Waals surface area contributed by atoms with E-state index in [1.54, 1.807) is 24.3 Å². The fraction of sp³-hybridized carbons (Fsp3) is 0.562. The summed E-state index contributed by atoms with van der Waals surface area (Å²) in [5, 5.41) is 2.88. The van der Waals surface area contributed by atoms with E-state index in [2.05, 4.69) is 14.9 Å². The number of carbonyl (C=O) groups is 1. The first-order valence-electron chi connectivity index (χ1n) is 7.98. The first-order valence-corrected chi connectivity index (χ1v) is 9.87. The van der Waals surface area contributed by atoms with Crippen molar-refractivity contribution in [2.24, 2.45) is 0 Å². The van der Waals surface area contributed by atoms with Crippen LogP contribution in [0.4, 0.5) is 5.69 Å². The van der Waals surface area contributed by atoms with Crippen LogP contribution < -0.4 is 10.0 Å². The number of nitrogens with one attached hydrogen (secondary N) is 2. The van der Waals surface area contributed by atoms with Gasteiger partial charge in [0.1, 0.15) is 0 Å². The molecule has 1 aromatic rings. The van der Waals surface area contributed by atoms with Crippen LogP contribution in [0.25, 0.3) is 0 Å². The molecule has 0 saturated carbocycles. The van der Waals surface area contributed by atoms with Gasteiger partial charge in [0.2, 0.25) is 15.9 Å². The lowest BCUT2D eigenvalue weighted by Gasteiger charge is -2.25. The molecule has 1 amide bonds. The second-order valence-electron chi connectivity index (χ2n) is 5.99. The molecule has 6 nitrogen and oxygen atoms in total. The third-order valence-corrected chi connectivity index (χ3v) is 4.55. The molecule has 0 bridgehead atoms. The molecule has 0 aliphatic carbocycles. The Bertz CT molecular complexity index is 608. The number of rotatable bonds is 7. The number of sulfonamides is 1. The molecule has 7 heteroatoms. The quantitative estimate of drug-likeness (QED) is 0.790. The summed E-state index contributed by atoms with van der Waals surface area (Å²) in [6.45, 7) is 3.24. The van der Waals surface area contributed by atoms with Crippen LogP contribution in [0.3, 0.4) is 0 Å². The van der Waals surface area contributed by atoms with Crippen LogP contribution in [0.15, 0.2) is 24.3 Å². The van der Waals surface area contributed by atoms with Gasteiger partial charge in [-0.05, 0) is 43.6 Å². The third-order valence-electron chi connectivity index (χ3n) is 3.88. The van der Waals surface area contributed by atoms with Gasteiger partial charge in [0.15, 0.2) is 0 Å². The van der Waals surface area contributed by atoms with Crippen LogP contribution in [0.5, 0.6) is 0 Å². The molecule has 1 heterocycles. The van der Waals surface area contributed by atoms with Crippen molar-refractivity contribution in [3.05, 3.63) is 29.8 Å². The number of likely N-dealkylation sites (tertiary alicyclic amines) is 1. The van der Waals surface area contributed by atoms with Gasteiger partial charge in [-0.3, -0.25) is 4.79 Å². The van der Waals surface area contributed by atoms with Crippen molar-refractivity contribution in [2.75, 3.05) is 31.2 Å². The van der Waals surface area contributed by atoms with E-state index in [4.69, 9.17) is 0 Å². The number of amides is 1. The van der Waals surface area contributed by atoms with Crippen molar-refractivity contribution in [1.29, 1.82) is 0 Å². The van der Waals surface area contributed by atoms with Crippen LogP contribution in [-0.4, -0.2) is 45.1 Å². The average molecular weight is 339 g/mol. The van der Waals surface area contributed by atoms with Gasteiger partial charge in [-0.15, -0.1) is 0 Å². The average Bonchev–Trinajstić information content (AvgIpc) is 2.53. The molecule has 1 aliphatic rings. The highest BCUT2D eigenvalue weighted by molar-refractivity contribution is 7.88. The number of piperidine rings is 1. The second-order valence-corrected chi connectivity index (χ2v) is 7.82. The molecule has 0 radical (unpaired) electrons. The Kier molecular flexibility index (Phi) is 6.56. The van der Waals surface area contributed by atoms with E-state index in [1.165, 1.54) is 19.3 Å². The summed E-state index contributed by atoms with van der Waals surface area (Å²) in [4.78, 5) is 14.3. The number of hydrogen-bond donors (Lipinski definition) is 2. The summed E-state index contributed by atoms with van der Waals surface area (Å²) in [6, 6.07) is 7.19. The van der Waals surface area contributed by atoms with E-state index in [1.807, 2.05) is 0 Å². The zero-order valence-corrected chi connectivity index (χ0v) is 14.4. The summed E-state index contributed by atoms with van der Waals surface area (Å²) in [6.07, 6.45) is 5.37. The summed E-state index contributed by atoms with van der Waals surface area (Å²) in [5.74, 6) is 0.0117. The van der Waals surface area contributed by atoms with Crippen molar-refractivity contribution in [3.63, 3.8) is 0 Å². The Hall–Kier alpha value is -1.44. The van der Waals surface area contributed by atoms with E-state index in [-0.39, 0.29) is 12.5 Å². The van der Waals surface area contributed by atoms with E-state index in [9.17, 15) is 13.2 Å². The fourth-order valence-corrected chi connectivity index (χ4v) is 3.02. The molecule has 0 spiro atoms. The summed E-state index contributed by atoms with van der Waals surface area (Å²) in [5.41, 5.74) is 1.58. The smallest absolute Gasteiger partial charge is 0.225 e. The van der Waals surface area contributed by atoms with Crippen molar-refractivity contribution in [2.45, 2.75) is 32.2 Å². The number of hydrogen-bond acceptors (Lipinski definition) is 4. The van der Waals surface area contributed by atoms with Gasteiger partial charge in [-0.1, -0.05) is 18.6 Å². The normalized spacial score (nSPS) is 16.2. The monoisotopic (exact) mass is 339 g/mol. The van der Waals surface area contributed by atoms with Crippen LogP contribution in [0.2, 0.25) is 0 Å². The third kappa shape index (κ3) is 7.11. The highest BCUT2D eigenvalue weighted by Crippen LogP contribution is 2.12. The maximum atomic E-state index is 12.0. The Labute approximate surface area is 138 Å². The Balaban J connectivity index is 1.75. The molecule has 1 saturated heterocycles. The second kappa shape index (κ2) is 8.42. The maximum absolute atomic E-state index is 12.0. The minimum Gasteiger partial charge on any atom is -0.326 e. The highest BCUT2D eigenvalue weighted by atomic mass is 32.2. The topological polar surface area (TPSA) is 78.5 Å². The number of benzene rings is 1. The van der Waals surface area contributed by atoms with Gasteiger partial charge in [0.25, 0.3) is 0 Å². The molecule has 1 fully saturated rings. The van der Waals surface area contributed by atoms with Gasteiger partial charge in [-0.25, -0.2) is 13.1 Å². The molecule has 2 rings (SSSR count). The minimum absolute atomic E-state index is 0.0117. The van der Waals surface area contributed by atoms with Crippen molar-refractivity contribution >= 4 is 21.6 Å². The highest BCUT2D eigenvalue weighted by Gasteiger charge is 2.11. The van der Waals surface area contributed by atoms with Crippen LogP contribution in [0.1, 0.15) is 31.2 Å². The molecule has 1 aromatic carbocycles. The van der Waals surface area contributed by atoms with E-state index in [0.717, 1.165) is 37.1 Å². The Morgan fingerprint density at radius 2 is 1.78 bits per heavy atom. The van der Waals surface area contributed by atoms with Gasteiger partial charge < -0.3 is 10.2 Å². The zero-order chi connectivity index (χ0) is 16.7. The molecule has 128 valence electrons. The van der Waals surface area contributed by atoms with Crippen molar-refractivity contribution in [3.8, 4) is 0 Å². The van der Waals surface area contributed by atoms with Gasteiger partial charge in [0, 0.05) is 25.2 Å². The van der Waals surface area contributed by atoms with Gasteiger partial charge >= 0.3 is 0 Å². The molecule has 2 N–H and O–H groups in total. The molecule has 0 aromatic heterocycles. The van der Waals surface area contributed by atoms with E-state index in [0.29, 0.717) is 6.42 Å². The molecular weight excluding hydrogens is 314 g/mol. The Morgan fingerprint density at radius 1 is 1.13 bits per heavy atom. The fourth-order valence-electron chi connectivity index (χ4n) is 2.59. The molecular formula is C16H25N3O3S. The Morgan fingerprint density at radius 3 is 2.39 bits per heavy atom. The molecule has 23 heavy (non-hydrogen) atoms. The van der Waals surface area contributed by atoms with Crippen LogP contribution >= 0.6 is 0 Å². The lowest BCUT2D eigenvalue weighted by molar-refractivity contribution is -0.116. The molecule has 1 aliphatic heterocycles. The van der Waals surface area contributed by atoms with E-state index < -0.39 is 10.0 Å². The summed E-state index contributed by atoms with van der Waals surface area (Å²) in [7, 11) is -3.19. The maximum Gasteiger partial charge on any atom is 0.225 e. The number of anilines is 1. The lowest BCUT2D eigenvalue weighted by Crippen LogP contribution is -2.32. The molecule has 0 unspecified atom stereocenters. The summed E-state index contributed by atoms with van der Waals surface area (Å²) < 4.78 is 24.5. The minimum atomic E-state index is -3.19. The van der Waals surface area contributed by atoms with Gasteiger partial charge in [-0.2, -0.15) is 0 Å². The molecule has 0 atom stereocenters. The van der Waals surface area contributed by atoms with Crippen molar-refractivity contribution < 1.29 is 13.2 Å². The standard InChI is InChI=1S/C16H25N3O3S/c1-23(21,22)17-13-14-5-7-15(8-6-14)18-16(20)9-12-19-10-3-2-4-11-19/h5-8,17H,2-4,9-13H2,1H3,(H,18,20). The van der Waals surface area contributed by atoms with Gasteiger partial charge in [0.05, 0.1) is 6.26 Å². The SMILES string of the molecule is CS(=O)(=O)NCc1ccc(NC(=O)CCN2CCCCC2)cc1. The summed E-state index contributed by atoms with van der Waals surface area (Å²) >= 11 is 0. The predicted octanol–water partition coefficient (Wildman–Crippen LogP) is 1.55. The lowest BCUT2D eigenvalue weighted by atomic mass is 10.1.